The van der Waals surface area contributed by atoms with Gasteiger partial charge in [0.2, 0.25) is 0 Å². The first-order valence-electron chi connectivity index (χ1n) is 8.26. The van der Waals surface area contributed by atoms with Crippen molar-refractivity contribution in [2.75, 3.05) is 0 Å². The molecule has 5 nitrogen and oxygen atoms in total. The van der Waals surface area contributed by atoms with Crippen molar-refractivity contribution < 1.29 is 21.6 Å². The Labute approximate surface area is 180 Å². The second-order valence-corrected chi connectivity index (χ2v) is 9.04. The van der Waals surface area contributed by atoms with Crippen LogP contribution in [0.4, 0.5) is 13.2 Å². The molecule has 0 unspecified atom stereocenters. The van der Waals surface area contributed by atoms with Gasteiger partial charge in [0.25, 0.3) is 10.0 Å². The predicted molar refractivity (Wildman–Crippen MR) is 109 cm³/mol. The molecule has 0 aliphatic carbocycles. The molecule has 0 aliphatic rings. The van der Waals surface area contributed by atoms with Gasteiger partial charge in [0, 0.05) is 21.0 Å². The molecule has 3 rings (SSSR count). The van der Waals surface area contributed by atoms with E-state index in [0.717, 1.165) is 24.0 Å². The zero-order valence-electron chi connectivity index (χ0n) is 15.0. The minimum Gasteiger partial charge on any atom is -0.253 e. The second kappa shape index (κ2) is 9.07. The van der Waals surface area contributed by atoms with E-state index in [2.05, 4.69) is 10.1 Å². The van der Waals surface area contributed by atoms with E-state index < -0.39 is 21.8 Å². The Morgan fingerprint density at radius 2 is 1.73 bits per heavy atom. The smallest absolute Gasteiger partial charge is 0.253 e. The summed E-state index contributed by atoms with van der Waals surface area (Å²) in [6.07, 6.45) is -2.86. The first-order valence-corrected chi connectivity index (χ1v) is 10.9. The Kier molecular flexibility index (Phi) is 6.69. The molecule has 1 heterocycles. The van der Waals surface area contributed by atoms with Crippen molar-refractivity contribution in [2.45, 2.75) is 20.9 Å². The predicted octanol–water partition coefficient (Wildman–Crippen LogP) is 5.22. The highest BCUT2D eigenvalue weighted by atomic mass is 35.5. The number of benzene rings is 2. The molecule has 0 spiro atoms. The van der Waals surface area contributed by atoms with Gasteiger partial charge in [0.1, 0.15) is 0 Å². The fourth-order valence-electron chi connectivity index (χ4n) is 2.23. The van der Waals surface area contributed by atoms with E-state index in [9.17, 15) is 21.6 Å². The summed E-state index contributed by atoms with van der Waals surface area (Å²) in [5, 5.41) is 4.14. The van der Waals surface area contributed by atoms with Gasteiger partial charge in [-0.25, -0.2) is 4.83 Å². The number of nitrogens with one attached hydrogen (secondary N) is 1. The number of aromatic nitrogens is 1. The van der Waals surface area contributed by atoms with Crippen LogP contribution in [0.25, 0.3) is 0 Å². The maximum atomic E-state index is 13.1. The van der Waals surface area contributed by atoms with Crippen LogP contribution in [-0.2, 0) is 16.2 Å². The van der Waals surface area contributed by atoms with Gasteiger partial charge in [-0.05, 0) is 42.5 Å². The van der Waals surface area contributed by atoms with Crippen LogP contribution in [0.2, 0.25) is 5.02 Å². The van der Waals surface area contributed by atoms with E-state index >= 15 is 0 Å². The van der Waals surface area contributed by atoms with Gasteiger partial charge >= 0.3 is 6.18 Å². The Bertz CT molecular complexity index is 1150. The number of hydrogen-bond donors (Lipinski definition) is 1. The molecule has 11 heteroatoms. The number of pyridine rings is 1. The van der Waals surface area contributed by atoms with Gasteiger partial charge in [0.15, 0.2) is 0 Å². The number of alkyl halides is 3. The molecule has 0 atom stereocenters. The molecule has 2 aromatic carbocycles. The average molecular weight is 472 g/mol. The Morgan fingerprint density at radius 3 is 2.37 bits per heavy atom. The minimum absolute atomic E-state index is 0.00158. The minimum atomic E-state index is -4.58. The second-order valence-electron chi connectivity index (χ2n) is 5.83. The third-order valence-electron chi connectivity index (χ3n) is 3.66. The Morgan fingerprint density at radius 1 is 1.07 bits per heavy atom. The monoisotopic (exact) mass is 471 g/mol. The summed E-state index contributed by atoms with van der Waals surface area (Å²) in [4.78, 5) is 6.59. The molecule has 0 bridgehead atoms. The normalized spacial score (nSPS) is 12.3. The zero-order chi connectivity index (χ0) is 21.8. The number of nitrogens with zero attached hydrogens (tertiary/aromatic N) is 2. The van der Waals surface area contributed by atoms with Crippen molar-refractivity contribution in [3.05, 3.63) is 83.1 Å². The van der Waals surface area contributed by atoms with Crippen LogP contribution in [0.5, 0.6) is 0 Å². The number of hydrogen-bond acceptors (Lipinski definition) is 5. The Hall–Kier alpha value is -2.56. The fourth-order valence-corrected chi connectivity index (χ4v) is 4.09. The van der Waals surface area contributed by atoms with Crippen molar-refractivity contribution in [2.24, 2.45) is 5.10 Å². The van der Waals surface area contributed by atoms with E-state index in [4.69, 9.17) is 11.6 Å². The van der Waals surface area contributed by atoms with Gasteiger partial charge in [-0.3, -0.25) is 4.98 Å². The Balaban J connectivity index is 1.89. The topological polar surface area (TPSA) is 71.4 Å². The lowest BCUT2D eigenvalue weighted by Gasteiger charge is -2.10. The number of hydrazone groups is 1. The molecular formula is C19H13ClF3N3O2S2. The highest BCUT2D eigenvalue weighted by Gasteiger charge is 2.31. The summed E-state index contributed by atoms with van der Waals surface area (Å²) in [6, 6.07) is 15.0. The molecule has 0 radical (unpaired) electrons. The molecule has 1 aromatic heterocycles. The molecule has 1 N–H and O–H groups in total. The van der Waals surface area contributed by atoms with Crippen LogP contribution in [0.15, 0.2) is 86.6 Å². The lowest BCUT2D eigenvalue weighted by molar-refractivity contribution is -0.138. The van der Waals surface area contributed by atoms with Crippen LogP contribution < -0.4 is 4.83 Å². The molecule has 156 valence electrons. The van der Waals surface area contributed by atoms with E-state index in [1.54, 1.807) is 42.5 Å². The van der Waals surface area contributed by atoms with Crippen molar-refractivity contribution in [1.82, 2.24) is 9.82 Å². The number of sulfonamides is 1. The highest BCUT2D eigenvalue weighted by Crippen LogP contribution is 2.35. The molecule has 30 heavy (non-hydrogen) atoms. The molecule has 0 saturated carbocycles. The van der Waals surface area contributed by atoms with Crippen LogP contribution in [0, 0.1) is 0 Å². The lowest BCUT2D eigenvalue weighted by Crippen LogP contribution is -2.18. The van der Waals surface area contributed by atoms with Crippen LogP contribution in [0.3, 0.4) is 0 Å². The van der Waals surface area contributed by atoms with Crippen molar-refractivity contribution >= 4 is 39.6 Å². The first kappa shape index (κ1) is 22.1. The van der Waals surface area contributed by atoms with Gasteiger partial charge in [-0.15, -0.1) is 0 Å². The third kappa shape index (κ3) is 5.74. The largest absolute Gasteiger partial charge is 0.417 e. The lowest BCUT2D eigenvalue weighted by atomic mass is 10.2. The summed E-state index contributed by atoms with van der Waals surface area (Å²) in [6.45, 7) is 0. The molecule has 0 aliphatic heterocycles. The van der Waals surface area contributed by atoms with E-state index in [1.165, 1.54) is 12.1 Å². The van der Waals surface area contributed by atoms with Gasteiger partial charge in [0.05, 0.1) is 22.4 Å². The van der Waals surface area contributed by atoms with E-state index in [1.807, 2.05) is 4.83 Å². The number of rotatable bonds is 6. The SMILES string of the molecule is O=S(=O)(N/N=C/c1ncc(C(F)(F)F)cc1Sc1ccc(Cl)cc1)c1ccccc1. The maximum Gasteiger partial charge on any atom is 0.417 e. The van der Waals surface area contributed by atoms with E-state index in [-0.39, 0.29) is 15.5 Å². The molecular weight excluding hydrogens is 459 g/mol. The summed E-state index contributed by atoms with van der Waals surface area (Å²) < 4.78 is 63.7. The zero-order valence-corrected chi connectivity index (χ0v) is 17.4. The maximum absolute atomic E-state index is 13.1. The number of halogens is 4. The van der Waals surface area contributed by atoms with Crippen LogP contribution in [0.1, 0.15) is 11.3 Å². The molecule has 0 amide bonds. The first-order chi connectivity index (χ1) is 14.1. The fraction of sp³-hybridized carbons (Fsp3) is 0.0526. The van der Waals surface area contributed by atoms with Gasteiger partial charge < -0.3 is 0 Å². The summed E-state index contributed by atoms with van der Waals surface area (Å²) in [5.41, 5.74) is -0.861. The summed E-state index contributed by atoms with van der Waals surface area (Å²) >= 11 is 6.85. The van der Waals surface area contributed by atoms with Crippen LogP contribution in [-0.4, -0.2) is 19.6 Å². The highest BCUT2D eigenvalue weighted by molar-refractivity contribution is 7.99. The van der Waals surface area contributed by atoms with Gasteiger partial charge in [-0.1, -0.05) is 41.6 Å². The van der Waals surface area contributed by atoms with Crippen LogP contribution >= 0.6 is 23.4 Å². The average Bonchev–Trinajstić information content (AvgIpc) is 2.70. The summed E-state index contributed by atoms with van der Waals surface area (Å²) in [7, 11) is -3.92. The molecule has 0 fully saturated rings. The third-order valence-corrected chi connectivity index (χ3v) is 6.21. The quantitative estimate of drug-likeness (QED) is 0.395. The molecule has 0 saturated heterocycles. The standard InChI is InChI=1S/C19H13ClF3N3O2S2/c20-14-6-8-15(9-7-14)29-18-10-13(19(21,22)23)11-24-17(18)12-25-26-30(27,28)16-4-2-1-3-5-16/h1-12,26H/b25-12+. The summed E-state index contributed by atoms with van der Waals surface area (Å²) in [5.74, 6) is 0. The van der Waals surface area contributed by atoms with E-state index in [0.29, 0.717) is 16.1 Å². The van der Waals surface area contributed by atoms with Crippen molar-refractivity contribution in [1.29, 1.82) is 0 Å². The molecule has 3 aromatic rings. The van der Waals surface area contributed by atoms with Gasteiger partial charge in [-0.2, -0.15) is 26.7 Å². The van der Waals surface area contributed by atoms with Crippen molar-refractivity contribution in [3.63, 3.8) is 0 Å². The van der Waals surface area contributed by atoms with Crippen molar-refractivity contribution in [3.8, 4) is 0 Å².